The molecule has 0 unspecified atom stereocenters. The monoisotopic (exact) mass is 389 g/mol. The van der Waals surface area contributed by atoms with E-state index in [9.17, 15) is 27.6 Å². The molecule has 2 aromatic carbocycles. The number of halogens is 3. The first kappa shape index (κ1) is 19.2. The van der Waals surface area contributed by atoms with Gasteiger partial charge in [0, 0.05) is 23.9 Å². The Labute approximate surface area is 156 Å². The van der Waals surface area contributed by atoms with Crippen molar-refractivity contribution < 1.29 is 18.0 Å². The Morgan fingerprint density at radius 3 is 2.29 bits per heavy atom. The van der Waals surface area contributed by atoms with Crippen LogP contribution in [0.15, 0.2) is 58.3 Å². The average molecular weight is 389 g/mol. The Balaban J connectivity index is 1.87. The van der Waals surface area contributed by atoms with Crippen LogP contribution in [0.3, 0.4) is 0 Å². The number of amides is 1. The molecule has 1 amide bonds. The minimum atomic E-state index is -0.960. The summed E-state index contributed by atoms with van der Waals surface area (Å²) in [7, 11) is 0. The van der Waals surface area contributed by atoms with Crippen molar-refractivity contribution in [1.29, 1.82) is 0 Å². The van der Waals surface area contributed by atoms with Crippen molar-refractivity contribution >= 4 is 5.91 Å². The lowest BCUT2D eigenvalue weighted by atomic mass is 10.2. The van der Waals surface area contributed by atoms with Crippen LogP contribution in [0.25, 0.3) is 0 Å². The molecule has 0 saturated carbocycles. The predicted octanol–water partition coefficient (Wildman–Crippen LogP) is 1.93. The van der Waals surface area contributed by atoms with Crippen LogP contribution >= 0.6 is 0 Å². The molecule has 0 aliphatic rings. The van der Waals surface area contributed by atoms with Gasteiger partial charge in [-0.25, -0.2) is 18.0 Å². The van der Waals surface area contributed by atoms with Crippen LogP contribution in [0.4, 0.5) is 13.2 Å². The summed E-state index contributed by atoms with van der Waals surface area (Å²) in [6.45, 7) is -0.882. The zero-order valence-corrected chi connectivity index (χ0v) is 14.3. The molecule has 0 atom stereocenters. The van der Waals surface area contributed by atoms with Crippen LogP contribution in [0.5, 0.6) is 0 Å². The van der Waals surface area contributed by atoms with Crippen LogP contribution < -0.4 is 16.6 Å². The number of aromatic amines is 1. The molecule has 144 valence electrons. The van der Waals surface area contributed by atoms with E-state index in [1.165, 1.54) is 30.3 Å². The van der Waals surface area contributed by atoms with Gasteiger partial charge in [0.05, 0.1) is 6.54 Å². The third-order valence-electron chi connectivity index (χ3n) is 4.08. The lowest BCUT2D eigenvalue weighted by Gasteiger charge is -2.09. The molecule has 2 N–H and O–H groups in total. The van der Waals surface area contributed by atoms with Gasteiger partial charge in [-0.3, -0.25) is 14.2 Å². The highest BCUT2D eigenvalue weighted by molar-refractivity contribution is 5.93. The highest BCUT2D eigenvalue weighted by Crippen LogP contribution is 2.11. The number of hydrogen-bond donors (Lipinski definition) is 2. The predicted molar refractivity (Wildman–Crippen MR) is 94.4 cm³/mol. The second-order valence-electron chi connectivity index (χ2n) is 5.87. The van der Waals surface area contributed by atoms with Crippen molar-refractivity contribution in [3.8, 4) is 0 Å². The molecule has 0 saturated heterocycles. The Morgan fingerprint density at radius 2 is 1.61 bits per heavy atom. The summed E-state index contributed by atoms with van der Waals surface area (Å²) in [4.78, 5) is 39.0. The van der Waals surface area contributed by atoms with E-state index in [1.807, 2.05) is 0 Å². The second kappa shape index (κ2) is 7.95. The fraction of sp³-hybridized carbons (Fsp3) is 0.105. The molecule has 0 aliphatic heterocycles. The molecule has 1 aromatic heterocycles. The number of H-pyrrole nitrogens is 1. The minimum absolute atomic E-state index is 0.0843. The number of carbonyl (C=O) groups excluding carboxylic acids is 1. The van der Waals surface area contributed by atoms with Gasteiger partial charge in [0.15, 0.2) is 0 Å². The Kier molecular flexibility index (Phi) is 5.44. The standard InChI is InChI=1S/C19H14F3N3O3/c20-14-5-2-1-4-11(14)10-25-18(27)13(9-24-19(25)28)17(26)23-8-12-15(21)6-3-7-16(12)22/h1-7,9H,8,10H2,(H,23,26)(H,24,28). The van der Waals surface area contributed by atoms with E-state index in [4.69, 9.17) is 0 Å². The number of carbonyl (C=O) groups is 1. The molecular weight excluding hydrogens is 375 g/mol. The van der Waals surface area contributed by atoms with Gasteiger partial charge in [0.2, 0.25) is 0 Å². The van der Waals surface area contributed by atoms with Gasteiger partial charge in [0.25, 0.3) is 11.5 Å². The molecule has 0 spiro atoms. The molecule has 28 heavy (non-hydrogen) atoms. The molecule has 3 rings (SSSR count). The molecular formula is C19H14F3N3O3. The number of rotatable bonds is 5. The van der Waals surface area contributed by atoms with Crippen LogP contribution in [0, 0.1) is 17.5 Å². The summed E-state index contributed by atoms with van der Waals surface area (Å²) >= 11 is 0. The van der Waals surface area contributed by atoms with Crippen LogP contribution in [-0.2, 0) is 13.1 Å². The van der Waals surface area contributed by atoms with E-state index < -0.39 is 46.7 Å². The summed E-state index contributed by atoms with van der Waals surface area (Å²) in [5, 5.41) is 2.23. The van der Waals surface area contributed by atoms with Gasteiger partial charge in [-0.2, -0.15) is 0 Å². The lowest BCUT2D eigenvalue weighted by Crippen LogP contribution is -2.41. The summed E-state index contributed by atoms with van der Waals surface area (Å²) in [6, 6.07) is 8.81. The smallest absolute Gasteiger partial charge is 0.328 e. The van der Waals surface area contributed by atoms with Gasteiger partial charge in [-0.1, -0.05) is 24.3 Å². The zero-order valence-electron chi connectivity index (χ0n) is 14.3. The van der Waals surface area contributed by atoms with E-state index in [-0.39, 0.29) is 17.7 Å². The van der Waals surface area contributed by atoms with E-state index in [0.29, 0.717) is 4.57 Å². The van der Waals surface area contributed by atoms with E-state index in [0.717, 1.165) is 18.3 Å². The summed E-state index contributed by atoms with van der Waals surface area (Å²) in [6.07, 6.45) is 0.898. The van der Waals surface area contributed by atoms with Gasteiger partial charge in [-0.15, -0.1) is 0 Å². The summed E-state index contributed by atoms with van der Waals surface area (Å²) < 4.78 is 41.7. The van der Waals surface area contributed by atoms with Gasteiger partial charge in [0.1, 0.15) is 23.0 Å². The van der Waals surface area contributed by atoms with Gasteiger partial charge >= 0.3 is 5.69 Å². The molecule has 9 heteroatoms. The van der Waals surface area contributed by atoms with Crippen molar-refractivity contribution in [3.05, 3.63) is 104 Å². The third-order valence-corrected chi connectivity index (χ3v) is 4.08. The average Bonchev–Trinajstić information content (AvgIpc) is 2.66. The maximum absolute atomic E-state index is 13.8. The van der Waals surface area contributed by atoms with Crippen LogP contribution in [0.1, 0.15) is 21.5 Å². The fourth-order valence-corrected chi connectivity index (χ4v) is 2.58. The molecule has 0 fully saturated rings. The lowest BCUT2D eigenvalue weighted by molar-refractivity contribution is 0.0947. The zero-order chi connectivity index (χ0) is 20.3. The van der Waals surface area contributed by atoms with Crippen LogP contribution in [-0.4, -0.2) is 15.5 Å². The maximum atomic E-state index is 13.8. The largest absolute Gasteiger partial charge is 0.348 e. The molecule has 0 aliphatic carbocycles. The topological polar surface area (TPSA) is 84.0 Å². The van der Waals surface area contributed by atoms with Crippen molar-refractivity contribution in [1.82, 2.24) is 14.9 Å². The number of benzene rings is 2. The summed E-state index contributed by atoms with van der Waals surface area (Å²) in [5.74, 6) is -3.25. The molecule has 6 nitrogen and oxygen atoms in total. The van der Waals surface area contributed by atoms with Crippen molar-refractivity contribution in [3.63, 3.8) is 0 Å². The maximum Gasteiger partial charge on any atom is 0.328 e. The Hall–Kier alpha value is -3.62. The van der Waals surface area contributed by atoms with Crippen molar-refractivity contribution in [2.75, 3.05) is 0 Å². The Morgan fingerprint density at radius 1 is 0.964 bits per heavy atom. The van der Waals surface area contributed by atoms with Gasteiger partial charge in [-0.05, 0) is 18.2 Å². The first-order valence-corrected chi connectivity index (χ1v) is 8.15. The summed E-state index contributed by atoms with van der Waals surface area (Å²) in [5.41, 5.74) is -2.52. The van der Waals surface area contributed by atoms with E-state index in [1.54, 1.807) is 0 Å². The first-order chi connectivity index (χ1) is 13.4. The first-order valence-electron chi connectivity index (χ1n) is 8.15. The number of hydrogen-bond acceptors (Lipinski definition) is 3. The third kappa shape index (κ3) is 3.88. The molecule has 1 heterocycles. The quantitative estimate of drug-likeness (QED) is 0.700. The molecule has 0 bridgehead atoms. The Bertz CT molecular complexity index is 1130. The van der Waals surface area contributed by atoms with E-state index in [2.05, 4.69) is 10.3 Å². The second-order valence-corrected chi connectivity index (χ2v) is 5.87. The van der Waals surface area contributed by atoms with Crippen molar-refractivity contribution in [2.45, 2.75) is 13.1 Å². The molecule has 0 radical (unpaired) electrons. The normalized spacial score (nSPS) is 10.7. The number of nitrogens with one attached hydrogen (secondary N) is 2. The highest BCUT2D eigenvalue weighted by atomic mass is 19.1. The SMILES string of the molecule is O=C(NCc1c(F)cccc1F)c1c[nH]c(=O)n(Cc2ccccc2F)c1=O. The molecule has 3 aromatic rings. The number of aromatic nitrogens is 2. The minimum Gasteiger partial charge on any atom is -0.348 e. The van der Waals surface area contributed by atoms with Gasteiger partial charge < -0.3 is 10.3 Å². The van der Waals surface area contributed by atoms with Crippen LogP contribution in [0.2, 0.25) is 0 Å². The fourth-order valence-electron chi connectivity index (χ4n) is 2.58. The van der Waals surface area contributed by atoms with E-state index >= 15 is 0 Å². The van der Waals surface area contributed by atoms with Crippen molar-refractivity contribution in [2.24, 2.45) is 0 Å². The highest BCUT2D eigenvalue weighted by Gasteiger charge is 2.17. The number of nitrogens with zero attached hydrogens (tertiary/aromatic N) is 1.